The second-order valence-electron chi connectivity index (χ2n) is 11.9. The number of aliphatic carboxylic acids is 1. The summed E-state index contributed by atoms with van der Waals surface area (Å²) in [4.78, 5) is 50.1. The van der Waals surface area contributed by atoms with E-state index in [4.69, 9.17) is 14.2 Å². The minimum absolute atomic E-state index is 0.00546. The summed E-state index contributed by atoms with van der Waals surface area (Å²) >= 11 is 0. The van der Waals surface area contributed by atoms with Gasteiger partial charge < -0.3 is 19.3 Å². The van der Waals surface area contributed by atoms with Gasteiger partial charge in [0.1, 0.15) is 0 Å². The highest BCUT2D eigenvalue weighted by Crippen LogP contribution is 2.32. The van der Waals surface area contributed by atoms with Gasteiger partial charge in [0.25, 0.3) is 5.72 Å². The highest BCUT2D eigenvalue weighted by molar-refractivity contribution is 5.82. The maximum Gasteiger partial charge on any atom is 0.364 e. The van der Waals surface area contributed by atoms with Crippen molar-refractivity contribution in [3.05, 3.63) is 23.8 Å². The average molecular weight is 536 g/mol. The molecule has 2 atom stereocenters. The molecule has 0 radical (unpaired) electrons. The maximum atomic E-state index is 12.8. The predicted octanol–water partition coefficient (Wildman–Crippen LogP) is 5.28. The molecule has 0 bridgehead atoms. The Balaban J connectivity index is 3.47. The van der Waals surface area contributed by atoms with Gasteiger partial charge in [-0.05, 0) is 48.3 Å². The lowest BCUT2D eigenvalue weighted by Crippen LogP contribution is -2.59. The van der Waals surface area contributed by atoms with E-state index in [-0.39, 0.29) is 55.1 Å². The number of carbonyl (C=O) groups excluding carboxylic acids is 3. The van der Waals surface area contributed by atoms with Crippen LogP contribution >= 0.6 is 0 Å². The molecule has 214 valence electrons. The Labute approximate surface area is 226 Å². The van der Waals surface area contributed by atoms with Crippen LogP contribution in [0.25, 0.3) is 0 Å². The third-order valence-electron chi connectivity index (χ3n) is 5.46. The van der Waals surface area contributed by atoms with Crippen molar-refractivity contribution in [3.63, 3.8) is 0 Å². The Kier molecular flexibility index (Phi) is 12.4. The Morgan fingerprint density at radius 2 is 1.39 bits per heavy atom. The Morgan fingerprint density at radius 1 is 0.868 bits per heavy atom. The third-order valence-corrected chi connectivity index (χ3v) is 5.46. The van der Waals surface area contributed by atoms with Crippen LogP contribution in [0, 0.1) is 17.3 Å². The van der Waals surface area contributed by atoms with Crippen LogP contribution in [-0.2, 0) is 30.3 Å². The van der Waals surface area contributed by atoms with Gasteiger partial charge in [0.15, 0.2) is 11.5 Å². The van der Waals surface area contributed by atoms with Gasteiger partial charge in [0, 0.05) is 25.3 Å². The zero-order chi connectivity index (χ0) is 29.3. The summed E-state index contributed by atoms with van der Waals surface area (Å²) < 4.78 is 16.6. The van der Waals surface area contributed by atoms with Crippen molar-refractivity contribution in [3.8, 4) is 11.5 Å². The Hall–Kier alpha value is -2.94. The first-order chi connectivity index (χ1) is 17.5. The van der Waals surface area contributed by atoms with Crippen LogP contribution in [-0.4, -0.2) is 40.8 Å². The van der Waals surface area contributed by atoms with E-state index in [1.807, 2.05) is 55.4 Å². The molecule has 0 spiro atoms. The van der Waals surface area contributed by atoms with E-state index >= 15 is 0 Å². The summed E-state index contributed by atoms with van der Waals surface area (Å²) in [5, 5.41) is 13.2. The Morgan fingerprint density at radius 3 is 1.84 bits per heavy atom. The number of hydrogen-bond donors (Lipinski definition) is 2. The quantitative estimate of drug-likeness (QED) is 0.186. The lowest BCUT2D eigenvalue weighted by Gasteiger charge is -2.34. The van der Waals surface area contributed by atoms with Gasteiger partial charge >= 0.3 is 23.9 Å². The molecule has 0 aliphatic rings. The molecular formula is C29H45NO8. The zero-order valence-corrected chi connectivity index (χ0v) is 24.3. The largest absolute Gasteiger partial charge is 0.477 e. The molecule has 0 aliphatic carbocycles. The van der Waals surface area contributed by atoms with Crippen molar-refractivity contribution in [1.29, 1.82) is 0 Å². The number of carboxylic acids is 1. The molecule has 9 nitrogen and oxygen atoms in total. The molecule has 1 rings (SSSR count). The second-order valence-corrected chi connectivity index (χ2v) is 11.9. The van der Waals surface area contributed by atoms with E-state index in [2.05, 4.69) is 5.32 Å². The van der Waals surface area contributed by atoms with Gasteiger partial charge in [-0.15, -0.1) is 0 Å². The van der Waals surface area contributed by atoms with Crippen LogP contribution in [0.15, 0.2) is 18.2 Å². The highest BCUT2D eigenvalue weighted by Gasteiger charge is 2.44. The first-order valence-corrected chi connectivity index (χ1v) is 13.2. The molecule has 38 heavy (non-hydrogen) atoms. The molecule has 0 aliphatic heterocycles. The van der Waals surface area contributed by atoms with E-state index in [9.17, 15) is 24.3 Å². The summed E-state index contributed by atoms with van der Waals surface area (Å²) in [7, 11) is 0. The van der Waals surface area contributed by atoms with E-state index in [0.717, 1.165) is 0 Å². The number of carboxylic acid groups (broad SMARTS) is 1. The van der Waals surface area contributed by atoms with Crippen LogP contribution in [0.1, 0.15) is 93.6 Å². The minimum Gasteiger partial charge on any atom is -0.477 e. The molecule has 0 aromatic heterocycles. The maximum absolute atomic E-state index is 12.8. The molecule has 1 unspecified atom stereocenters. The first-order valence-electron chi connectivity index (χ1n) is 13.2. The van der Waals surface area contributed by atoms with Crippen LogP contribution in [0.2, 0.25) is 0 Å². The number of nitrogens with one attached hydrogen (secondary N) is 1. The number of rotatable bonds is 14. The molecule has 0 amide bonds. The number of ether oxygens (including phenoxy) is 3. The fraction of sp³-hybridized carbons (Fsp3) is 0.655. The van der Waals surface area contributed by atoms with Gasteiger partial charge in [-0.2, -0.15) is 0 Å². The van der Waals surface area contributed by atoms with Crippen molar-refractivity contribution in [1.82, 2.24) is 5.32 Å². The summed E-state index contributed by atoms with van der Waals surface area (Å²) in [6.45, 7) is 16.8. The van der Waals surface area contributed by atoms with Crippen molar-refractivity contribution in [2.45, 2.75) is 106 Å². The third kappa shape index (κ3) is 11.6. The molecule has 0 heterocycles. The molecule has 1 aromatic rings. The zero-order valence-electron chi connectivity index (χ0n) is 24.3. The normalized spacial score (nSPS) is 14.1. The van der Waals surface area contributed by atoms with Crippen LogP contribution in [0.3, 0.4) is 0 Å². The van der Waals surface area contributed by atoms with Crippen molar-refractivity contribution in [2.75, 3.05) is 0 Å². The molecule has 0 saturated carbocycles. The van der Waals surface area contributed by atoms with Crippen molar-refractivity contribution in [2.24, 2.45) is 17.3 Å². The van der Waals surface area contributed by atoms with Gasteiger partial charge in [-0.1, -0.05) is 61.5 Å². The van der Waals surface area contributed by atoms with Gasteiger partial charge in [-0.25, -0.2) is 4.79 Å². The van der Waals surface area contributed by atoms with Crippen LogP contribution in [0.5, 0.6) is 11.5 Å². The van der Waals surface area contributed by atoms with E-state index in [1.54, 1.807) is 13.0 Å². The first kappa shape index (κ1) is 33.1. The standard InChI is InChI=1S/C29H45NO8/c1-10-20(6)30-29(27(34)35,38-26(33)17-28(7,8)9)16-21-11-12-22(36-24(31)13-18(2)3)23(15-21)37-25(32)14-19(4)5/h11-12,15,18-20,30H,10,13-14,16-17H2,1-9H3,(H,34,35)/t20?,29-/m0/s1. The van der Waals surface area contributed by atoms with E-state index in [1.165, 1.54) is 12.1 Å². The van der Waals surface area contributed by atoms with Gasteiger partial charge in [-0.3, -0.25) is 19.7 Å². The molecule has 0 saturated heterocycles. The lowest BCUT2D eigenvalue weighted by atomic mass is 9.92. The molecule has 1 aromatic carbocycles. The summed E-state index contributed by atoms with van der Waals surface area (Å²) in [5.74, 6) is -2.85. The van der Waals surface area contributed by atoms with Gasteiger partial charge in [0.2, 0.25) is 0 Å². The predicted molar refractivity (Wildman–Crippen MR) is 144 cm³/mol. The molecule has 9 heteroatoms. The van der Waals surface area contributed by atoms with Crippen molar-refractivity contribution < 1.29 is 38.5 Å². The smallest absolute Gasteiger partial charge is 0.364 e. The van der Waals surface area contributed by atoms with E-state index in [0.29, 0.717) is 12.0 Å². The topological polar surface area (TPSA) is 128 Å². The fourth-order valence-electron chi connectivity index (χ4n) is 3.57. The number of esters is 3. The molecular weight excluding hydrogens is 490 g/mol. The summed E-state index contributed by atoms with van der Waals surface area (Å²) in [5.41, 5.74) is -2.06. The number of carbonyl (C=O) groups is 4. The van der Waals surface area contributed by atoms with Gasteiger partial charge in [0.05, 0.1) is 6.42 Å². The fourth-order valence-corrected chi connectivity index (χ4v) is 3.57. The lowest BCUT2D eigenvalue weighted by molar-refractivity contribution is -0.185. The minimum atomic E-state index is -2.06. The molecule has 2 N–H and O–H groups in total. The average Bonchev–Trinajstić information content (AvgIpc) is 2.72. The summed E-state index contributed by atoms with van der Waals surface area (Å²) in [6.07, 6.45) is 0.674. The highest BCUT2D eigenvalue weighted by atomic mass is 16.6. The second kappa shape index (κ2) is 14.3. The van der Waals surface area contributed by atoms with Crippen LogP contribution in [0.4, 0.5) is 0 Å². The Bertz CT molecular complexity index is 979. The summed E-state index contributed by atoms with van der Waals surface area (Å²) in [6, 6.07) is 4.18. The molecule has 0 fully saturated rings. The van der Waals surface area contributed by atoms with Crippen LogP contribution < -0.4 is 14.8 Å². The number of hydrogen-bond acceptors (Lipinski definition) is 8. The number of benzene rings is 1. The SMILES string of the molecule is CCC(C)N[C@@](Cc1ccc(OC(=O)CC(C)C)c(OC(=O)CC(C)C)c1)(OC(=O)CC(C)(C)C)C(=O)O. The van der Waals surface area contributed by atoms with Crippen molar-refractivity contribution >= 4 is 23.9 Å². The monoisotopic (exact) mass is 535 g/mol. The van der Waals surface area contributed by atoms with E-state index < -0.39 is 35.0 Å².